The van der Waals surface area contributed by atoms with Gasteiger partial charge in [-0.25, -0.2) is 0 Å². The largest absolute Gasteiger partial charge is 0.354 e. The van der Waals surface area contributed by atoms with Crippen LogP contribution in [0.1, 0.15) is 18.0 Å². The van der Waals surface area contributed by atoms with Crippen molar-refractivity contribution in [2.24, 2.45) is 5.92 Å². The molecule has 0 radical (unpaired) electrons. The number of rotatable bonds is 7. The maximum Gasteiger partial charge on any atom is 0.227 e. The predicted octanol–water partition coefficient (Wildman–Crippen LogP) is 3.18. The smallest absolute Gasteiger partial charge is 0.227 e. The Kier molecular flexibility index (Phi) is 6.75. The highest BCUT2D eigenvalue weighted by atomic mass is 32.2. The molecule has 1 fully saturated rings. The van der Waals surface area contributed by atoms with E-state index in [4.69, 9.17) is 0 Å². The number of nitrogens with one attached hydrogen (secondary N) is 1. The maximum absolute atomic E-state index is 12.7. The quantitative estimate of drug-likeness (QED) is 0.729. The third kappa shape index (κ3) is 4.75. The van der Waals surface area contributed by atoms with Gasteiger partial charge in [-0.1, -0.05) is 30.3 Å². The molecule has 1 aliphatic heterocycles. The first kappa shape index (κ1) is 20.4. The second kappa shape index (κ2) is 9.26. The topological polar surface area (TPSA) is 52.7 Å². The monoisotopic (exact) mass is 397 g/mol. The molecule has 1 saturated heterocycles. The van der Waals surface area contributed by atoms with Crippen molar-refractivity contribution in [1.29, 1.82) is 0 Å². The number of likely N-dealkylation sites (N-methyl/N-ethyl adjacent to an activating group) is 1. The van der Waals surface area contributed by atoms with E-state index in [0.29, 0.717) is 13.1 Å². The number of carbonyl (C=O) groups is 2. The van der Waals surface area contributed by atoms with Gasteiger partial charge in [-0.05, 0) is 50.2 Å². The van der Waals surface area contributed by atoms with E-state index in [-0.39, 0.29) is 30.2 Å². The standard InChI is InChI=1S/C22H27N3O2S/c1-24(2)20(16-7-5-4-6-8-16)14-23-22(27)17-13-21(26)25(15-17)18-9-11-19(28-3)12-10-18/h4-12,17,20H,13-15H2,1-3H3,(H,23,27)/t17-,20+/m1/s1. The van der Waals surface area contributed by atoms with Gasteiger partial charge in [0, 0.05) is 30.1 Å². The lowest BCUT2D eigenvalue weighted by Gasteiger charge is -2.25. The number of hydrogen-bond acceptors (Lipinski definition) is 4. The lowest BCUT2D eigenvalue weighted by Crippen LogP contribution is -2.38. The summed E-state index contributed by atoms with van der Waals surface area (Å²) in [4.78, 5) is 30.1. The van der Waals surface area contributed by atoms with Crippen LogP contribution < -0.4 is 10.2 Å². The van der Waals surface area contributed by atoms with Gasteiger partial charge in [-0.3, -0.25) is 9.59 Å². The zero-order valence-electron chi connectivity index (χ0n) is 16.6. The summed E-state index contributed by atoms with van der Waals surface area (Å²) in [7, 11) is 4.01. The van der Waals surface area contributed by atoms with Gasteiger partial charge in [0.2, 0.25) is 11.8 Å². The Hall–Kier alpha value is -2.31. The summed E-state index contributed by atoms with van der Waals surface area (Å²) in [6.45, 7) is 0.949. The minimum atomic E-state index is -0.314. The van der Waals surface area contributed by atoms with Gasteiger partial charge in [0.25, 0.3) is 0 Å². The maximum atomic E-state index is 12.7. The van der Waals surface area contributed by atoms with Crippen LogP contribution in [0.3, 0.4) is 0 Å². The minimum Gasteiger partial charge on any atom is -0.354 e. The molecule has 1 heterocycles. The summed E-state index contributed by atoms with van der Waals surface area (Å²) in [5.41, 5.74) is 2.01. The van der Waals surface area contributed by atoms with Crippen LogP contribution >= 0.6 is 11.8 Å². The molecule has 2 amide bonds. The second-order valence-corrected chi connectivity index (χ2v) is 8.12. The first-order valence-corrected chi connectivity index (χ1v) is 10.7. The van der Waals surface area contributed by atoms with Crippen molar-refractivity contribution < 1.29 is 9.59 Å². The number of anilines is 1. The van der Waals surface area contributed by atoms with Crippen LogP contribution in [0.15, 0.2) is 59.5 Å². The van der Waals surface area contributed by atoms with Gasteiger partial charge in [-0.15, -0.1) is 11.8 Å². The molecule has 0 spiro atoms. The number of carbonyl (C=O) groups excluding carboxylic acids is 2. The van der Waals surface area contributed by atoms with Crippen LogP contribution in [-0.2, 0) is 9.59 Å². The van der Waals surface area contributed by atoms with Crippen LogP contribution in [0.25, 0.3) is 0 Å². The Bertz CT molecular complexity index is 808. The van der Waals surface area contributed by atoms with Crippen LogP contribution in [0.2, 0.25) is 0 Å². The average molecular weight is 398 g/mol. The molecule has 6 heteroatoms. The van der Waals surface area contributed by atoms with Crippen molar-refractivity contribution >= 4 is 29.3 Å². The predicted molar refractivity (Wildman–Crippen MR) is 115 cm³/mol. The lowest BCUT2D eigenvalue weighted by molar-refractivity contribution is -0.126. The molecule has 0 aliphatic carbocycles. The third-order valence-electron chi connectivity index (χ3n) is 5.16. The molecule has 3 rings (SSSR count). The molecule has 5 nitrogen and oxygen atoms in total. The van der Waals surface area contributed by atoms with E-state index >= 15 is 0 Å². The zero-order chi connectivity index (χ0) is 20.1. The molecule has 1 aliphatic rings. The van der Waals surface area contributed by atoms with E-state index in [1.807, 2.05) is 62.8 Å². The molecular formula is C22H27N3O2S. The Morgan fingerprint density at radius 1 is 1.18 bits per heavy atom. The molecule has 1 N–H and O–H groups in total. The van der Waals surface area contributed by atoms with Crippen molar-refractivity contribution in [2.45, 2.75) is 17.4 Å². The summed E-state index contributed by atoms with van der Waals surface area (Å²) >= 11 is 1.66. The highest BCUT2D eigenvalue weighted by molar-refractivity contribution is 7.98. The molecule has 0 unspecified atom stereocenters. The molecule has 2 aromatic carbocycles. The van der Waals surface area contributed by atoms with Crippen molar-refractivity contribution in [3.05, 3.63) is 60.2 Å². The van der Waals surface area contributed by atoms with E-state index in [1.54, 1.807) is 16.7 Å². The Balaban J connectivity index is 1.61. The number of thioether (sulfide) groups is 1. The second-order valence-electron chi connectivity index (χ2n) is 7.24. The molecule has 2 aromatic rings. The molecule has 28 heavy (non-hydrogen) atoms. The molecule has 148 valence electrons. The first-order valence-electron chi connectivity index (χ1n) is 9.43. The normalized spacial score (nSPS) is 17.8. The number of hydrogen-bond donors (Lipinski definition) is 1. The summed E-state index contributed by atoms with van der Waals surface area (Å²) in [6, 6.07) is 18.1. The van der Waals surface area contributed by atoms with Crippen molar-refractivity contribution in [2.75, 3.05) is 38.3 Å². The Morgan fingerprint density at radius 2 is 1.86 bits per heavy atom. The minimum absolute atomic E-state index is 0.00395. The van der Waals surface area contributed by atoms with E-state index < -0.39 is 0 Å². The van der Waals surface area contributed by atoms with Crippen LogP contribution in [0, 0.1) is 5.92 Å². The van der Waals surface area contributed by atoms with E-state index in [2.05, 4.69) is 22.3 Å². The molecule has 0 saturated carbocycles. The van der Waals surface area contributed by atoms with E-state index in [0.717, 1.165) is 16.1 Å². The summed E-state index contributed by atoms with van der Waals surface area (Å²) in [5.74, 6) is -0.366. The molecular weight excluding hydrogens is 370 g/mol. The SMILES string of the molecule is CSc1ccc(N2C[C@H](C(=O)NC[C@@H](c3ccccc3)N(C)C)CC2=O)cc1. The number of nitrogens with zero attached hydrogens (tertiary/aromatic N) is 2. The van der Waals surface area contributed by atoms with Gasteiger partial charge in [0.1, 0.15) is 0 Å². The van der Waals surface area contributed by atoms with Gasteiger partial charge >= 0.3 is 0 Å². The molecule has 2 atom stereocenters. The Morgan fingerprint density at radius 3 is 2.46 bits per heavy atom. The fourth-order valence-corrected chi connectivity index (χ4v) is 3.92. The third-order valence-corrected chi connectivity index (χ3v) is 5.90. The van der Waals surface area contributed by atoms with Crippen LogP contribution in [0.4, 0.5) is 5.69 Å². The Labute approximate surface area is 171 Å². The van der Waals surface area contributed by atoms with Crippen LogP contribution in [-0.4, -0.2) is 50.2 Å². The summed E-state index contributed by atoms with van der Waals surface area (Å²) < 4.78 is 0. The number of benzene rings is 2. The average Bonchev–Trinajstić information content (AvgIpc) is 3.10. The van der Waals surface area contributed by atoms with E-state index in [1.165, 1.54) is 0 Å². The fourth-order valence-electron chi connectivity index (χ4n) is 3.51. The van der Waals surface area contributed by atoms with Crippen LogP contribution in [0.5, 0.6) is 0 Å². The fraction of sp³-hybridized carbons (Fsp3) is 0.364. The van der Waals surface area contributed by atoms with Gasteiger partial charge < -0.3 is 15.1 Å². The van der Waals surface area contributed by atoms with Crippen molar-refractivity contribution in [1.82, 2.24) is 10.2 Å². The lowest BCUT2D eigenvalue weighted by atomic mass is 10.0. The highest BCUT2D eigenvalue weighted by Crippen LogP contribution is 2.27. The van der Waals surface area contributed by atoms with Gasteiger partial charge in [0.05, 0.1) is 12.0 Å². The van der Waals surface area contributed by atoms with Gasteiger partial charge in [-0.2, -0.15) is 0 Å². The van der Waals surface area contributed by atoms with Crippen molar-refractivity contribution in [3.8, 4) is 0 Å². The zero-order valence-corrected chi connectivity index (χ0v) is 17.4. The summed E-state index contributed by atoms with van der Waals surface area (Å²) in [6.07, 6.45) is 2.28. The number of amides is 2. The molecule has 0 aromatic heterocycles. The first-order chi connectivity index (χ1) is 13.5. The highest BCUT2D eigenvalue weighted by Gasteiger charge is 2.35. The van der Waals surface area contributed by atoms with E-state index in [9.17, 15) is 9.59 Å². The molecule has 0 bridgehead atoms. The summed E-state index contributed by atoms with van der Waals surface area (Å²) in [5, 5.41) is 3.05. The van der Waals surface area contributed by atoms with Gasteiger partial charge in [0.15, 0.2) is 0 Å². The van der Waals surface area contributed by atoms with Crippen molar-refractivity contribution in [3.63, 3.8) is 0 Å².